The number of amides is 2. The number of thiophene rings is 1. The molecule has 0 aliphatic heterocycles. The Balaban J connectivity index is 2.20. The average molecular weight is 395 g/mol. The van der Waals surface area contributed by atoms with E-state index in [1.807, 2.05) is 5.38 Å². The Bertz CT molecular complexity index is 747. The molecule has 0 spiro atoms. The number of carbonyl (C=O) groups excluding carboxylic acids is 2. The molecule has 0 unspecified atom stereocenters. The topological polar surface area (TPSA) is 58.6 Å². The summed E-state index contributed by atoms with van der Waals surface area (Å²) in [6.45, 7) is 5.71. The van der Waals surface area contributed by atoms with Crippen molar-refractivity contribution in [1.29, 1.82) is 0 Å². The van der Waals surface area contributed by atoms with Crippen molar-refractivity contribution < 1.29 is 14.3 Å². The van der Waals surface area contributed by atoms with E-state index in [2.05, 4.69) is 19.2 Å². The Morgan fingerprint density at radius 3 is 2.69 bits per heavy atom. The van der Waals surface area contributed by atoms with Gasteiger partial charge in [0.15, 0.2) is 0 Å². The van der Waals surface area contributed by atoms with Gasteiger partial charge in [0, 0.05) is 25.8 Å². The van der Waals surface area contributed by atoms with Crippen molar-refractivity contribution in [2.75, 3.05) is 32.1 Å². The molecule has 1 aromatic carbocycles. The van der Waals surface area contributed by atoms with E-state index in [0.717, 1.165) is 0 Å². The standard InChI is InChI=1S/C19H23ClN2O3S/c1-13(2)12-22(8-9-25-3)19(24)14-6-7-15(20)16(11-14)21-18(23)17-5-4-10-26-17/h4-7,10-11,13H,8-9,12H2,1-3H3,(H,21,23). The zero-order valence-electron chi connectivity index (χ0n) is 15.1. The molecule has 0 radical (unpaired) electrons. The molecule has 1 N–H and O–H groups in total. The minimum atomic E-state index is -0.245. The predicted molar refractivity (Wildman–Crippen MR) is 106 cm³/mol. The number of ether oxygens (including phenoxy) is 1. The molecule has 7 heteroatoms. The van der Waals surface area contributed by atoms with Crippen molar-refractivity contribution in [2.24, 2.45) is 5.92 Å². The maximum Gasteiger partial charge on any atom is 0.265 e. The maximum atomic E-state index is 12.9. The third-order valence-corrected chi connectivity index (χ3v) is 4.84. The first-order valence-corrected chi connectivity index (χ1v) is 9.60. The minimum Gasteiger partial charge on any atom is -0.383 e. The first-order chi connectivity index (χ1) is 12.4. The van der Waals surface area contributed by atoms with E-state index in [1.54, 1.807) is 42.3 Å². The van der Waals surface area contributed by atoms with Crippen LogP contribution < -0.4 is 5.32 Å². The zero-order chi connectivity index (χ0) is 19.1. The van der Waals surface area contributed by atoms with Crippen LogP contribution in [0.1, 0.15) is 33.9 Å². The lowest BCUT2D eigenvalue weighted by Crippen LogP contribution is -2.36. The third-order valence-electron chi connectivity index (χ3n) is 3.64. The quantitative estimate of drug-likeness (QED) is 0.721. The number of anilines is 1. The maximum absolute atomic E-state index is 12.9. The van der Waals surface area contributed by atoms with E-state index in [-0.39, 0.29) is 11.8 Å². The molecule has 26 heavy (non-hydrogen) atoms. The van der Waals surface area contributed by atoms with Gasteiger partial charge in [0.05, 0.1) is 22.2 Å². The Hall–Kier alpha value is -1.89. The Labute approximate surface area is 162 Å². The SMILES string of the molecule is COCCN(CC(C)C)C(=O)c1ccc(Cl)c(NC(=O)c2cccs2)c1. The fourth-order valence-electron chi connectivity index (χ4n) is 2.45. The first-order valence-electron chi connectivity index (χ1n) is 8.35. The molecular weight excluding hydrogens is 372 g/mol. The van der Waals surface area contributed by atoms with Crippen LogP contribution in [0.5, 0.6) is 0 Å². The van der Waals surface area contributed by atoms with Gasteiger partial charge in [-0.15, -0.1) is 11.3 Å². The van der Waals surface area contributed by atoms with Crippen LogP contribution in [-0.2, 0) is 4.74 Å². The van der Waals surface area contributed by atoms with Crippen LogP contribution in [0.15, 0.2) is 35.7 Å². The summed E-state index contributed by atoms with van der Waals surface area (Å²) >= 11 is 7.54. The number of carbonyl (C=O) groups is 2. The highest BCUT2D eigenvalue weighted by atomic mass is 35.5. The molecule has 2 rings (SSSR count). The lowest BCUT2D eigenvalue weighted by atomic mass is 10.1. The first kappa shape index (κ1) is 20.4. The number of hydrogen-bond donors (Lipinski definition) is 1. The van der Waals surface area contributed by atoms with Gasteiger partial charge in [0.1, 0.15) is 0 Å². The lowest BCUT2D eigenvalue weighted by molar-refractivity contribution is 0.0672. The zero-order valence-corrected chi connectivity index (χ0v) is 16.7. The summed E-state index contributed by atoms with van der Waals surface area (Å²) in [4.78, 5) is 27.5. The van der Waals surface area contributed by atoms with E-state index in [9.17, 15) is 9.59 Å². The highest BCUT2D eigenvalue weighted by molar-refractivity contribution is 7.12. The number of nitrogens with one attached hydrogen (secondary N) is 1. The van der Waals surface area contributed by atoms with E-state index in [1.165, 1.54) is 11.3 Å². The average Bonchev–Trinajstić information content (AvgIpc) is 3.14. The summed E-state index contributed by atoms with van der Waals surface area (Å²) in [7, 11) is 1.61. The molecule has 0 aliphatic rings. The molecule has 1 heterocycles. The number of methoxy groups -OCH3 is 1. The van der Waals surface area contributed by atoms with Crippen molar-refractivity contribution >= 4 is 40.4 Å². The number of rotatable bonds is 8. The van der Waals surface area contributed by atoms with Gasteiger partial charge in [0.25, 0.3) is 11.8 Å². The summed E-state index contributed by atoms with van der Waals surface area (Å²) in [5.74, 6) is -0.0231. The minimum absolute atomic E-state index is 0.112. The van der Waals surface area contributed by atoms with Gasteiger partial charge in [-0.3, -0.25) is 9.59 Å². The van der Waals surface area contributed by atoms with E-state index in [4.69, 9.17) is 16.3 Å². The van der Waals surface area contributed by atoms with Crippen LogP contribution in [0.2, 0.25) is 5.02 Å². The van der Waals surface area contributed by atoms with Gasteiger partial charge in [-0.1, -0.05) is 31.5 Å². The summed E-state index contributed by atoms with van der Waals surface area (Å²) < 4.78 is 5.11. The van der Waals surface area contributed by atoms with Crippen molar-refractivity contribution in [3.05, 3.63) is 51.2 Å². The molecule has 0 fully saturated rings. The number of hydrogen-bond acceptors (Lipinski definition) is 4. The van der Waals surface area contributed by atoms with Gasteiger partial charge in [-0.25, -0.2) is 0 Å². The summed E-state index contributed by atoms with van der Waals surface area (Å²) in [5, 5.41) is 4.99. The molecule has 2 aromatic rings. The number of halogens is 1. The molecule has 2 amide bonds. The monoisotopic (exact) mass is 394 g/mol. The highest BCUT2D eigenvalue weighted by Gasteiger charge is 2.19. The van der Waals surface area contributed by atoms with Crippen LogP contribution in [0.4, 0.5) is 5.69 Å². The van der Waals surface area contributed by atoms with Crippen molar-refractivity contribution in [3.8, 4) is 0 Å². The molecule has 0 atom stereocenters. The number of nitrogens with zero attached hydrogens (tertiary/aromatic N) is 1. The van der Waals surface area contributed by atoms with Gasteiger partial charge in [0.2, 0.25) is 0 Å². The fraction of sp³-hybridized carbons (Fsp3) is 0.368. The van der Waals surface area contributed by atoms with Crippen molar-refractivity contribution in [2.45, 2.75) is 13.8 Å². The molecule has 140 valence electrons. The van der Waals surface area contributed by atoms with Crippen LogP contribution >= 0.6 is 22.9 Å². The Morgan fingerprint density at radius 2 is 2.08 bits per heavy atom. The van der Waals surface area contributed by atoms with E-state index >= 15 is 0 Å². The summed E-state index contributed by atoms with van der Waals surface area (Å²) in [6.07, 6.45) is 0. The van der Waals surface area contributed by atoms with Gasteiger partial charge < -0.3 is 15.0 Å². The molecule has 0 bridgehead atoms. The second kappa shape index (κ2) is 9.71. The third kappa shape index (κ3) is 5.56. The number of benzene rings is 1. The van der Waals surface area contributed by atoms with Crippen molar-refractivity contribution in [1.82, 2.24) is 4.90 Å². The molecule has 5 nitrogen and oxygen atoms in total. The second-order valence-electron chi connectivity index (χ2n) is 6.26. The predicted octanol–water partition coefficient (Wildman–Crippen LogP) is 4.40. The van der Waals surface area contributed by atoms with Crippen LogP contribution in [-0.4, -0.2) is 43.5 Å². The second-order valence-corrected chi connectivity index (χ2v) is 7.62. The molecule has 0 saturated heterocycles. The van der Waals surface area contributed by atoms with E-state index in [0.29, 0.717) is 46.8 Å². The molecular formula is C19H23ClN2O3S. The van der Waals surface area contributed by atoms with Crippen LogP contribution in [0.25, 0.3) is 0 Å². The molecule has 1 aromatic heterocycles. The summed E-state index contributed by atoms with van der Waals surface area (Å²) in [5.41, 5.74) is 0.903. The smallest absolute Gasteiger partial charge is 0.265 e. The highest BCUT2D eigenvalue weighted by Crippen LogP contribution is 2.25. The Kier molecular flexibility index (Phi) is 7.63. The molecule has 0 aliphatic carbocycles. The van der Waals surface area contributed by atoms with Crippen molar-refractivity contribution in [3.63, 3.8) is 0 Å². The fourth-order valence-corrected chi connectivity index (χ4v) is 3.23. The van der Waals surface area contributed by atoms with Gasteiger partial charge >= 0.3 is 0 Å². The van der Waals surface area contributed by atoms with Crippen LogP contribution in [0, 0.1) is 5.92 Å². The normalized spacial score (nSPS) is 10.8. The van der Waals surface area contributed by atoms with Gasteiger partial charge in [-0.05, 0) is 35.6 Å². The largest absolute Gasteiger partial charge is 0.383 e. The molecule has 0 saturated carbocycles. The van der Waals surface area contributed by atoms with E-state index < -0.39 is 0 Å². The lowest BCUT2D eigenvalue weighted by Gasteiger charge is -2.24. The van der Waals surface area contributed by atoms with Crippen LogP contribution in [0.3, 0.4) is 0 Å². The summed E-state index contributed by atoms with van der Waals surface area (Å²) in [6, 6.07) is 8.46. The Morgan fingerprint density at radius 1 is 1.31 bits per heavy atom. The van der Waals surface area contributed by atoms with Gasteiger partial charge in [-0.2, -0.15) is 0 Å².